The van der Waals surface area contributed by atoms with Crippen LogP contribution in [0.3, 0.4) is 0 Å². The number of benzene rings is 9. The Labute approximate surface area is 324 Å². The summed E-state index contributed by atoms with van der Waals surface area (Å²) in [5.74, 6) is 0. The van der Waals surface area contributed by atoms with Gasteiger partial charge < -0.3 is 9.80 Å². The zero-order valence-corrected chi connectivity index (χ0v) is 31.4. The summed E-state index contributed by atoms with van der Waals surface area (Å²) in [5.41, 5.74) is 15.7. The van der Waals surface area contributed by atoms with Crippen LogP contribution in [0.2, 0.25) is 0 Å². The second kappa shape index (κ2) is 14.5. The van der Waals surface area contributed by atoms with Crippen LogP contribution >= 0.6 is 0 Å². The van der Waals surface area contributed by atoms with Crippen LogP contribution in [0.5, 0.6) is 0 Å². The van der Waals surface area contributed by atoms with E-state index in [1.54, 1.807) is 0 Å². The van der Waals surface area contributed by atoms with Crippen LogP contribution in [0.4, 0.5) is 34.1 Å². The first-order valence-electron chi connectivity index (χ1n) is 19.0. The molecule has 0 aromatic heterocycles. The fourth-order valence-electron chi connectivity index (χ4n) is 8.44. The van der Waals surface area contributed by atoms with Crippen molar-refractivity contribution < 1.29 is 0 Å². The Balaban J connectivity index is 1.15. The van der Waals surface area contributed by atoms with Crippen LogP contribution in [-0.4, -0.2) is 0 Å². The third-order valence-corrected chi connectivity index (χ3v) is 10.7. The van der Waals surface area contributed by atoms with E-state index in [1.165, 1.54) is 60.5 Å². The Bertz CT molecular complexity index is 2630. The second-order valence-electron chi connectivity index (χ2n) is 14.4. The van der Waals surface area contributed by atoms with Gasteiger partial charge in [-0.25, -0.2) is 0 Å². The predicted octanol–water partition coefficient (Wildman–Crippen LogP) is 15.2. The van der Waals surface area contributed by atoms with Crippen molar-refractivity contribution >= 4 is 55.7 Å². The summed E-state index contributed by atoms with van der Waals surface area (Å²) in [6.07, 6.45) is 0. The summed E-state index contributed by atoms with van der Waals surface area (Å²) in [6, 6.07) is 72.3. The molecule has 9 aromatic rings. The molecule has 2 heteroatoms. The van der Waals surface area contributed by atoms with Crippen LogP contribution in [0.15, 0.2) is 200 Å². The van der Waals surface area contributed by atoms with Crippen molar-refractivity contribution in [3.8, 4) is 22.3 Å². The van der Waals surface area contributed by atoms with Gasteiger partial charge in [0.2, 0.25) is 0 Å². The Morgan fingerprint density at radius 1 is 0.273 bits per heavy atom. The summed E-state index contributed by atoms with van der Waals surface area (Å²) in [4.78, 5) is 4.64. The highest BCUT2D eigenvalue weighted by Gasteiger charge is 2.20. The van der Waals surface area contributed by atoms with E-state index in [0.717, 1.165) is 34.1 Å². The standard InChI is InChI=1S/C53H42N2/c1-37-35-38(2)51(39(3)36-37)53-49-25-15-13-23-47(49)52(48-24-14-16-26-50(48)53)40-27-29-44(30-28-40)55(43-21-11-6-12-22-43)46-33-31-45(32-34-46)54(41-17-7-4-8-18-41)42-19-9-5-10-20-42/h4-36H,1-3H3. The Morgan fingerprint density at radius 3 is 0.927 bits per heavy atom. The number of para-hydroxylation sites is 3. The number of fused-ring (bicyclic) bond motifs is 2. The molecule has 0 amide bonds. The maximum absolute atomic E-state index is 2.34. The molecule has 55 heavy (non-hydrogen) atoms. The van der Waals surface area contributed by atoms with E-state index in [0.29, 0.717) is 0 Å². The molecule has 2 nitrogen and oxygen atoms in total. The lowest BCUT2D eigenvalue weighted by Crippen LogP contribution is -2.12. The fourth-order valence-corrected chi connectivity index (χ4v) is 8.44. The van der Waals surface area contributed by atoms with Crippen molar-refractivity contribution in [2.45, 2.75) is 20.8 Å². The van der Waals surface area contributed by atoms with Gasteiger partial charge in [0.05, 0.1) is 0 Å². The summed E-state index contributed by atoms with van der Waals surface area (Å²) in [6.45, 7) is 6.69. The van der Waals surface area contributed by atoms with Gasteiger partial charge in [-0.1, -0.05) is 133 Å². The highest BCUT2D eigenvalue weighted by Crippen LogP contribution is 2.46. The molecule has 0 saturated heterocycles. The normalized spacial score (nSPS) is 11.2. The molecular weight excluding hydrogens is 665 g/mol. The van der Waals surface area contributed by atoms with Gasteiger partial charge in [-0.2, -0.15) is 0 Å². The molecule has 0 saturated carbocycles. The van der Waals surface area contributed by atoms with Crippen molar-refractivity contribution in [3.05, 3.63) is 217 Å². The number of rotatable bonds is 8. The smallest absolute Gasteiger partial charge is 0.0463 e. The lowest BCUT2D eigenvalue weighted by atomic mass is 9.83. The van der Waals surface area contributed by atoms with Crippen molar-refractivity contribution in [3.63, 3.8) is 0 Å². The van der Waals surface area contributed by atoms with Gasteiger partial charge in [0.25, 0.3) is 0 Å². The molecule has 9 rings (SSSR count). The molecule has 0 atom stereocenters. The van der Waals surface area contributed by atoms with Crippen LogP contribution in [0.1, 0.15) is 16.7 Å². The highest BCUT2D eigenvalue weighted by atomic mass is 15.2. The largest absolute Gasteiger partial charge is 0.311 e. The SMILES string of the molecule is Cc1cc(C)c(-c2c3ccccc3c(-c3ccc(N(c4ccccc4)c4ccc(N(c5ccccc5)c5ccccc5)cc4)cc3)c3ccccc23)c(C)c1. The van der Waals surface area contributed by atoms with E-state index < -0.39 is 0 Å². The minimum Gasteiger partial charge on any atom is -0.311 e. The molecule has 9 aromatic carbocycles. The van der Waals surface area contributed by atoms with E-state index >= 15 is 0 Å². The van der Waals surface area contributed by atoms with Crippen LogP contribution in [0, 0.1) is 20.8 Å². The number of anilines is 6. The Kier molecular flexibility index (Phi) is 8.94. The van der Waals surface area contributed by atoms with Crippen molar-refractivity contribution in [2.75, 3.05) is 9.80 Å². The molecule has 0 spiro atoms. The summed E-state index contributed by atoms with van der Waals surface area (Å²) >= 11 is 0. The van der Waals surface area contributed by atoms with Gasteiger partial charge in [-0.05, 0) is 148 Å². The van der Waals surface area contributed by atoms with E-state index in [9.17, 15) is 0 Å². The number of nitrogens with zero attached hydrogens (tertiary/aromatic N) is 2. The van der Waals surface area contributed by atoms with Gasteiger partial charge in [-0.3, -0.25) is 0 Å². The molecule has 0 heterocycles. The van der Waals surface area contributed by atoms with Gasteiger partial charge in [0.15, 0.2) is 0 Å². The summed E-state index contributed by atoms with van der Waals surface area (Å²) in [7, 11) is 0. The number of hydrogen-bond acceptors (Lipinski definition) is 2. The van der Waals surface area contributed by atoms with E-state index in [2.05, 4.69) is 231 Å². The molecule has 0 bridgehead atoms. The van der Waals surface area contributed by atoms with E-state index in [4.69, 9.17) is 0 Å². The topological polar surface area (TPSA) is 6.48 Å². The molecule has 0 radical (unpaired) electrons. The van der Waals surface area contributed by atoms with Crippen molar-refractivity contribution in [1.82, 2.24) is 0 Å². The second-order valence-corrected chi connectivity index (χ2v) is 14.4. The monoisotopic (exact) mass is 706 g/mol. The number of hydrogen-bond donors (Lipinski definition) is 0. The molecular formula is C53H42N2. The summed E-state index contributed by atoms with van der Waals surface area (Å²) in [5, 5.41) is 5.09. The van der Waals surface area contributed by atoms with Crippen LogP contribution in [-0.2, 0) is 0 Å². The third-order valence-electron chi connectivity index (χ3n) is 10.7. The molecule has 0 aliphatic heterocycles. The predicted molar refractivity (Wildman–Crippen MR) is 236 cm³/mol. The summed E-state index contributed by atoms with van der Waals surface area (Å²) < 4.78 is 0. The molecule has 264 valence electrons. The third kappa shape index (κ3) is 6.32. The zero-order chi connectivity index (χ0) is 37.3. The van der Waals surface area contributed by atoms with Gasteiger partial charge in [0.1, 0.15) is 0 Å². The molecule has 0 N–H and O–H groups in total. The highest BCUT2D eigenvalue weighted by molar-refractivity contribution is 6.21. The lowest BCUT2D eigenvalue weighted by molar-refractivity contribution is 1.26. The fraction of sp³-hybridized carbons (Fsp3) is 0.0566. The van der Waals surface area contributed by atoms with E-state index in [1.807, 2.05) is 0 Å². The van der Waals surface area contributed by atoms with Gasteiger partial charge in [0, 0.05) is 34.1 Å². The maximum Gasteiger partial charge on any atom is 0.0463 e. The first-order valence-corrected chi connectivity index (χ1v) is 19.0. The van der Waals surface area contributed by atoms with Crippen LogP contribution < -0.4 is 9.80 Å². The zero-order valence-electron chi connectivity index (χ0n) is 31.4. The molecule has 0 unspecified atom stereocenters. The van der Waals surface area contributed by atoms with Gasteiger partial charge in [-0.15, -0.1) is 0 Å². The first-order chi connectivity index (χ1) is 27.0. The molecule has 0 aliphatic rings. The first kappa shape index (κ1) is 33.9. The Morgan fingerprint density at radius 2 is 0.564 bits per heavy atom. The lowest BCUT2D eigenvalue weighted by Gasteiger charge is -2.28. The quantitative estimate of drug-likeness (QED) is 0.145. The number of aryl methyl sites for hydroxylation is 3. The Hall–Kier alpha value is -6.90. The van der Waals surface area contributed by atoms with Crippen LogP contribution in [0.25, 0.3) is 43.8 Å². The van der Waals surface area contributed by atoms with Crippen molar-refractivity contribution in [2.24, 2.45) is 0 Å². The molecule has 0 fully saturated rings. The average Bonchev–Trinajstić information content (AvgIpc) is 3.23. The van der Waals surface area contributed by atoms with E-state index in [-0.39, 0.29) is 0 Å². The minimum atomic E-state index is 1.09. The van der Waals surface area contributed by atoms with Gasteiger partial charge >= 0.3 is 0 Å². The maximum atomic E-state index is 2.34. The minimum absolute atomic E-state index is 1.09. The average molecular weight is 707 g/mol. The molecule has 0 aliphatic carbocycles. The van der Waals surface area contributed by atoms with Crippen molar-refractivity contribution in [1.29, 1.82) is 0 Å².